The Hall–Kier alpha value is -2.38. The first-order valence-corrected chi connectivity index (χ1v) is 10.3. The van der Waals surface area contributed by atoms with Gasteiger partial charge in [0, 0.05) is 17.8 Å². The molecule has 0 spiro atoms. The van der Waals surface area contributed by atoms with Crippen molar-refractivity contribution in [1.29, 1.82) is 0 Å². The maximum absolute atomic E-state index is 12.9. The molecule has 2 aromatic heterocycles. The Morgan fingerprint density at radius 3 is 2.65 bits per heavy atom. The summed E-state index contributed by atoms with van der Waals surface area (Å²) < 4.78 is 29.7. The van der Waals surface area contributed by atoms with Gasteiger partial charge in [-0.3, -0.25) is 4.72 Å². The number of rotatable bonds is 5. The van der Waals surface area contributed by atoms with Crippen molar-refractivity contribution in [3.63, 3.8) is 0 Å². The van der Waals surface area contributed by atoms with E-state index in [0.717, 1.165) is 43.3 Å². The van der Waals surface area contributed by atoms with Crippen LogP contribution in [0.2, 0.25) is 0 Å². The van der Waals surface area contributed by atoms with Gasteiger partial charge in [-0.2, -0.15) is 8.42 Å². The van der Waals surface area contributed by atoms with Crippen LogP contribution in [-0.4, -0.2) is 30.5 Å². The predicted molar refractivity (Wildman–Crippen MR) is 103 cm³/mol. The lowest BCUT2D eigenvalue weighted by Gasteiger charge is -2.22. The van der Waals surface area contributed by atoms with Gasteiger partial charge in [-0.05, 0) is 68.1 Å². The quantitative estimate of drug-likeness (QED) is 0.724. The molecule has 1 aromatic carbocycles. The Morgan fingerprint density at radius 2 is 1.88 bits per heavy atom. The van der Waals surface area contributed by atoms with E-state index in [0.29, 0.717) is 17.3 Å². The van der Waals surface area contributed by atoms with Crippen LogP contribution in [0.5, 0.6) is 0 Å². The summed E-state index contributed by atoms with van der Waals surface area (Å²) in [6, 6.07) is 12.7. The fourth-order valence-electron chi connectivity index (χ4n) is 3.54. The lowest BCUT2D eigenvalue weighted by Crippen LogP contribution is -2.28. The van der Waals surface area contributed by atoms with E-state index in [1.54, 1.807) is 36.7 Å². The fraction of sp³-hybridized carbons (Fsp3) is 0.316. The molecular formula is C19H22N4O2S. The number of pyridine rings is 1. The molecular weight excluding hydrogens is 348 g/mol. The molecule has 3 aromatic rings. The molecule has 0 radical (unpaired) electrons. The average molecular weight is 370 g/mol. The van der Waals surface area contributed by atoms with Gasteiger partial charge in [-0.15, -0.1) is 0 Å². The number of nitrogens with one attached hydrogen (secondary N) is 2. The normalized spacial score (nSPS) is 16.0. The van der Waals surface area contributed by atoms with E-state index in [-0.39, 0.29) is 0 Å². The number of piperidine rings is 1. The number of fused-ring (bicyclic) bond motifs is 1. The van der Waals surface area contributed by atoms with Crippen LogP contribution in [0.15, 0.2) is 54.9 Å². The van der Waals surface area contributed by atoms with Gasteiger partial charge in [0.05, 0.1) is 5.69 Å². The molecule has 0 amide bonds. The van der Waals surface area contributed by atoms with Crippen LogP contribution in [0.25, 0.3) is 11.0 Å². The van der Waals surface area contributed by atoms with Crippen molar-refractivity contribution in [2.75, 3.05) is 17.8 Å². The highest BCUT2D eigenvalue weighted by Crippen LogP contribution is 2.27. The molecule has 3 heterocycles. The SMILES string of the molecule is O=S(=O)(Nc1ccccc1)n1cc(CC2CCNCC2)c2cccnc21. The Labute approximate surface area is 153 Å². The Morgan fingerprint density at radius 1 is 1.12 bits per heavy atom. The number of anilines is 1. The third-order valence-corrected chi connectivity index (χ3v) is 6.15. The largest absolute Gasteiger partial charge is 0.329 e. The molecule has 0 atom stereocenters. The topological polar surface area (TPSA) is 76.0 Å². The number of para-hydroxylation sites is 1. The highest BCUT2D eigenvalue weighted by molar-refractivity contribution is 7.91. The summed E-state index contributed by atoms with van der Waals surface area (Å²) in [6.45, 7) is 2.05. The molecule has 7 heteroatoms. The Bertz CT molecular complexity index is 993. The van der Waals surface area contributed by atoms with Crippen molar-refractivity contribution in [3.05, 3.63) is 60.4 Å². The predicted octanol–water partition coefficient (Wildman–Crippen LogP) is 2.78. The number of nitrogens with zero attached hydrogens (tertiary/aromatic N) is 2. The molecule has 1 aliphatic heterocycles. The summed E-state index contributed by atoms with van der Waals surface area (Å²) in [5, 5.41) is 4.28. The van der Waals surface area contributed by atoms with E-state index in [1.165, 1.54) is 3.97 Å². The summed E-state index contributed by atoms with van der Waals surface area (Å²) in [5.41, 5.74) is 2.04. The van der Waals surface area contributed by atoms with Gasteiger partial charge in [0.1, 0.15) is 0 Å². The molecule has 6 nitrogen and oxygen atoms in total. The lowest BCUT2D eigenvalue weighted by molar-refractivity contribution is 0.373. The minimum Gasteiger partial charge on any atom is -0.317 e. The molecule has 1 aliphatic rings. The second-order valence-corrected chi connectivity index (χ2v) is 8.24. The van der Waals surface area contributed by atoms with Crippen molar-refractivity contribution in [3.8, 4) is 0 Å². The highest BCUT2D eigenvalue weighted by atomic mass is 32.2. The zero-order valence-corrected chi connectivity index (χ0v) is 15.2. The van der Waals surface area contributed by atoms with Gasteiger partial charge in [0.15, 0.2) is 5.65 Å². The first-order chi connectivity index (χ1) is 12.6. The lowest BCUT2D eigenvalue weighted by atomic mass is 9.91. The van der Waals surface area contributed by atoms with Crippen LogP contribution in [0, 0.1) is 5.92 Å². The van der Waals surface area contributed by atoms with Crippen molar-refractivity contribution in [1.82, 2.24) is 14.3 Å². The molecule has 0 unspecified atom stereocenters. The number of hydrogen-bond acceptors (Lipinski definition) is 4. The minimum absolute atomic E-state index is 0.472. The smallest absolute Gasteiger partial charge is 0.317 e. The van der Waals surface area contributed by atoms with Gasteiger partial charge in [0.2, 0.25) is 0 Å². The number of hydrogen-bond donors (Lipinski definition) is 2. The molecule has 26 heavy (non-hydrogen) atoms. The van der Waals surface area contributed by atoms with Gasteiger partial charge in [0.25, 0.3) is 0 Å². The van der Waals surface area contributed by atoms with Gasteiger partial charge < -0.3 is 5.32 Å². The van der Waals surface area contributed by atoms with Gasteiger partial charge >= 0.3 is 10.2 Å². The van der Waals surface area contributed by atoms with E-state index in [1.807, 2.05) is 18.2 Å². The van der Waals surface area contributed by atoms with Crippen LogP contribution in [-0.2, 0) is 16.6 Å². The molecule has 1 fully saturated rings. The molecule has 136 valence electrons. The minimum atomic E-state index is -3.77. The summed E-state index contributed by atoms with van der Waals surface area (Å²) in [4.78, 5) is 4.33. The second kappa shape index (κ2) is 7.09. The monoisotopic (exact) mass is 370 g/mol. The molecule has 0 saturated carbocycles. The maximum Gasteiger partial charge on any atom is 0.329 e. The first-order valence-electron chi connectivity index (χ1n) is 8.87. The zero-order chi connectivity index (χ0) is 18.0. The van der Waals surface area contributed by atoms with Crippen LogP contribution < -0.4 is 10.0 Å². The summed E-state index contributed by atoms with van der Waals surface area (Å²) in [6.07, 6.45) is 6.46. The van der Waals surface area contributed by atoms with Crippen molar-refractivity contribution >= 4 is 26.9 Å². The molecule has 1 saturated heterocycles. The average Bonchev–Trinajstić information content (AvgIpc) is 3.03. The third-order valence-electron chi connectivity index (χ3n) is 4.86. The molecule has 0 bridgehead atoms. The van der Waals surface area contributed by atoms with Gasteiger partial charge in [-0.25, -0.2) is 8.96 Å². The van der Waals surface area contributed by atoms with Crippen LogP contribution in [0.4, 0.5) is 5.69 Å². The van der Waals surface area contributed by atoms with E-state index in [9.17, 15) is 8.42 Å². The number of benzene rings is 1. The fourth-order valence-corrected chi connectivity index (χ4v) is 4.71. The second-order valence-electron chi connectivity index (χ2n) is 6.70. The summed E-state index contributed by atoms with van der Waals surface area (Å²) in [7, 11) is -3.77. The van der Waals surface area contributed by atoms with E-state index in [4.69, 9.17) is 0 Å². The van der Waals surface area contributed by atoms with Crippen molar-refractivity contribution in [2.45, 2.75) is 19.3 Å². The van der Waals surface area contributed by atoms with E-state index >= 15 is 0 Å². The summed E-state index contributed by atoms with van der Waals surface area (Å²) in [5.74, 6) is 0.570. The molecule has 0 aliphatic carbocycles. The number of aromatic nitrogens is 2. The summed E-state index contributed by atoms with van der Waals surface area (Å²) >= 11 is 0. The first kappa shape index (κ1) is 17.1. The zero-order valence-electron chi connectivity index (χ0n) is 14.4. The molecule has 2 N–H and O–H groups in total. The molecule has 4 rings (SSSR count). The van der Waals surface area contributed by atoms with Crippen LogP contribution in [0.1, 0.15) is 18.4 Å². The Kier molecular flexibility index (Phi) is 4.65. The van der Waals surface area contributed by atoms with Crippen LogP contribution in [0.3, 0.4) is 0 Å². The Balaban J connectivity index is 1.70. The van der Waals surface area contributed by atoms with Crippen molar-refractivity contribution in [2.24, 2.45) is 5.92 Å². The van der Waals surface area contributed by atoms with E-state index < -0.39 is 10.2 Å². The standard InChI is InChI=1S/C19H22N4O2S/c24-26(25,22-17-5-2-1-3-6-17)23-14-16(13-15-8-11-20-12-9-15)18-7-4-10-21-19(18)23/h1-7,10,14-15,20,22H,8-9,11-13H2. The van der Waals surface area contributed by atoms with Crippen molar-refractivity contribution < 1.29 is 8.42 Å². The van der Waals surface area contributed by atoms with Crippen LogP contribution >= 0.6 is 0 Å². The maximum atomic E-state index is 12.9. The van der Waals surface area contributed by atoms with Gasteiger partial charge in [-0.1, -0.05) is 18.2 Å². The highest BCUT2D eigenvalue weighted by Gasteiger charge is 2.22. The van der Waals surface area contributed by atoms with E-state index in [2.05, 4.69) is 15.0 Å². The third kappa shape index (κ3) is 3.45.